The summed E-state index contributed by atoms with van der Waals surface area (Å²) < 4.78 is 22.5. The monoisotopic (exact) mass is 941 g/mol. The Morgan fingerprint density at radius 1 is 0.552 bits per heavy atom. The van der Waals surface area contributed by atoms with E-state index < -0.39 is 145 Å². The number of ether oxygens (including phenoxy) is 4. The van der Waals surface area contributed by atoms with Gasteiger partial charge in [-0.1, -0.05) is 31.2 Å². The number of nitrogens with zero attached hydrogens (tertiary/aromatic N) is 1. The highest BCUT2D eigenvalue weighted by Gasteiger charge is 2.47. The molecule has 0 saturated carbocycles. The summed E-state index contributed by atoms with van der Waals surface area (Å²) in [4.78, 5) is 29.5. The van der Waals surface area contributed by atoms with Crippen molar-refractivity contribution in [1.29, 1.82) is 0 Å². The maximum Gasteiger partial charge on any atom is 0.229 e. The van der Waals surface area contributed by atoms with Gasteiger partial charge in [-0.2, -0.15) is 0 Å². The first-order valence-corrected chi connectivity index (χ1v) is 21.3. The van der Waals surface area contributed by atoms with Crippen molar-refractivity contribution in [2.45, 2.75) is 107 Å². The number of carbonyl (C=O) groups excluding carboxylic acids is 2. The molecule has 0 bridgehead atoms. The number of hydrogen-bond donors (Lipinski definition) is 14. The first-order valence-electron chi connectivity index (χ1n) is 21.3. The Labute approximate surface area is 382 Å². The third-order valence-electron chi connectivity index (χ3n) is 11.8. The standard InChI is InChI=1S/C46H55NO20/c1-2-47(17-25-29(54)15-31(64-45-43(62)41(60)39(58)33(19-48)66-45)35(37(25)56)27(52)13-7-21-3-9-23(50)10-4-21)18-26-30(55)16-32(65-46-44(63)42(61)40(59)34(20-49)67-46)36(38(26)57)28(53)14-8-22-5-11-24(51)12-6-22/h3-6,9-12,15-16,33-34,39-46,48-51,54-63H,2,7-8,13-14,17-20H2,1H3/t33-,34+,39-,40+,41+,42-,43-,44+,45-,46+. The number of benzene rings is 4. The molecule has 2 fully saturated rings. The summed E-state index contributed by atoms with van der Waals surface area (Å²) in [5.41, 5.74) is -0.269. The fourth-order valence-corrected chi connectivity index (χ4v) is 7.78. The van der Waals surface area contributed by atoms with Crippen molar-refractivity contribution in [2.75, 3.05) is 19.8 Å². The molecule has 0 amide bonds. The zero-order valence-corrected chi connectivity index (χ0v) is 36.1. The van der Waals surface area contributed by atoms with Gasteiger partial charge >= 0.3 is 0 Å². The van der Waals surface area contributed by atoms with E-state index in [4.69, 9.17) is 18.9 Å². The van der Waals surface area contributed by atoms with Crippen molar-refractivity contribution in [1.82, 2.24) is 4.90 Å². The van der Waals surface area contributed by atoms with Crippen LogP contribution in [0, 0.1) is 0 Å². The zero-order valence-electron chi connectivity index (χ0n) is 36.1. The van der Waals surface area contributed by atoms with E-state index in [-0.39, 0.29) is 54.9 Å². The van der Waals surface area contributed by atoms with Crippen molar-refractivity contribution >= 4 is 11.6 Å². The molecule has 67 heavy (non-hydrogen) atoms. The SMILES string of the molecule is CCN(Cc1c(O)cc(O[C@H]2O[C@@H](CO)[C@H](O)[C@@H](O)[C@@H]2O)c(C(=O)CCc2ccc(O)cc2)c1O)Cc1c(O)cc(O[C@@H]2O[C@H](CO)[C@@H](O)[C@H](O)[C@H]2O)c(C(=O)CCc2ccc(O)cc2)c1O. The van der Waals surface area contributed by atoms with Gasteiger partial charge in [0.2, 0.25) is 12.6 Å². The Balaban J connectivity index is 1.34. The number of aliphatic hydroxyl groups is 8. The van der Waals surface area contributed by atoms with E-state index in [1.807, 2.05) is 0 Å². The Morgan fingerprint density at radius 2 is 0.910 bits per heavy atom. The number of phenols is 6. The molecule has 0 unspecified atom stereocenters. The molecule has 2 aliphatic heterocycles. The molecule has 2 saturated heterocycles. The number of hydrogen-bond acceptors (Lipinski definition) is 21. The maximum atomic E-state index is 14.0. The highest BCUT2D eigenvalue weighted by Crippen LogP contribution is 2.44. The minimum absolute atomic E-state index is 0.0148. The van der Waals surface area contributed by atoms with Gasteiger partial charge in [-0.15, -0.1) is 0 Å². The number of carbonyl (C=O) groups is 2. The third-order valence-corrected chi connectivity index (χ3v) is 11.8. The second-order valence-corrected chi connectivity index (χ2v) is 16.3. The lowest BCUT2D eigenvalue weighted by molar-refractivity contribution is -0.277. The number of Topliss-reactive ketones (excluding diaryl/α,β-unsaturated/α-hetero) is 2. The molecule has 4 aromatic rings. The van der Waals surface area contributed by atoms with Crippen LogP contribution in [0.25, 0.3) is 0 Å². The fourth-order valence-electron chi connectivity index (χ4n) is 7.78. The van der Waals surface area contributed by atoms with Crippen molar-refractivity contribution in [3.05, 3.63) is 94.0 Å². The van der Waals surface area contributed by atoms with Gasteiger partial charge in [-0.25, -0.2) is 0 Å². The van der Waals surface area contributed by atoms with E-state index >= 15 is 0 Å². The van der Waals surface area contributed by atoms with Gasteiger partial charge in [0, 0.05) is 38.1 Å². The molecule has 21 nitrogen and oxygen atoms in total. The van der Waals surface area contributed by atoms with E-state index in [9.17, 15) is 81.1 Å². The number of phenolic OH excluding ortho intramolecular Hbond substituents is 6. The lowest BCUT2D eigenvalue weighted by Crippen LogP contribution is -2.60. The lowest BCUT2D eigenvalue weighted by atomic mass is 9.96. The maximum absolute atomic E-state index is 14.0. The minimum Gasteiger partial charge on any atom is -0.508 e. The van der Waals surface area contributed by atoms with Crippen LogP contribution < -0.4 is 9.47 Å². The van der Waals surface area contributed by atoms with Crippen molar-refractivity contribution < 1.29 is 100 Å². The summed E-state index contributed by atoms with van der Waals surface area (Å²) in [6.07, 6.45) is -17.9. The largest absolute Gasteiger partial charge is 0.508 e. The summed E-state index contributed by atoms with van der Waals surface area (Å²) >= 11 is 0. The number of aryl methyl sites for hydroxylation is 2. The Hall–Kier alpha value is -5.82. The van der Waals surface area contributed by atoms with Crippen LogP contribution in [-0.4, -0.2) is 169 Å². The quantitative estimate of drug-likeness (QED) is 0.0547. The molecule has 6 rings (SSSR count). The Kier molecular flexibility index (Phi) is 16.5. The molecule has 0 radical (unpaired) electrons. The lowest BCUT2D eigenvalue weighted by Gasteiger charge is -2.39. The van der Waals surface area contributed by atoms with Crippen LogP contribution in [0.4, 0.5) is 0 Å². The first kappa shape index (κ1) is 50.6. The predicted octanol–water partition coefficient (Wildman–Crippen LogP) is -0.0693. The smallest absolute Gasteiger partial charge is 0.229 e. The fraction of sp³-hybridized carbons (Fsp3) is 0.435. The highest BCUT2D eigenvalue weighted by molar-refractivity contribution is 6.03. The van der Waals surface area contributed by atoms with Crippen LogP contribution in [0.3, 0.4) is 0 Å². The van der Waals surface area contributed by atoms with Gasteiger partial charge in [0.25, 0.3) is 0 Å². The molecular formula is C46H55NO20. The minimum atomic E-state index is -1.93. The van der Waals surface area contributed by atoms with Gasteiger partial charge in [0.1, 0.15) is 106 Å². The van der Waals surface area contributed by atoms with Crippen LogP contribution in [0.1, 0.15) is 62.7 Å². The second kappa shape index (κ2) is 21.9. The van der Waals surface area contributed by atoms with Crippen LogP contribution in [0.2, 0.25) is 0 Å². The number of aliphatic hydroxyl groups excluding tert-OH is 8. The third kappa shape index (κ3) is 11.3. The average Bonchev–Trinajstić information content (AvgIpc) is 3.30. The second-order valence-electron chi connectivity index (χ2n) is 16.3. The van der Waals surface area contributed by atoms with Crippen molar-refractivity contribution in [3.63, 3.8) is 0 Å². The van der Waals surface area contributed by atoms with Gasteiger partial charge in [0.05, 0.1) is 24.3 Å². The highest BCUT2D eigenvalue weighted by atomic mass is 16.7. The molecule has 21 heteroatoms. The zero-order chi connectivity index (χ0) is 48.9. The van der Waals surface area contributed by atoms with Gasteiger partial charge in [0.15, 0.2) is 11.6 Å². The molecule has 4 aromatic carbocycles. The van der Waals surface area contributed by atoms with E-state index in [2.05, 4.69) is 0 Å². The summed E-state index contributed by atoms with van der Waals surface area (Å²) in [6, 6.07) is 13.8. The molecule has 0 aliphatic carbocycles. The van der Waals surface area contributed by atoms with Crippen LogP contribution in [0.5, 0.6) is 46.0 Å². The summed E-state index contributed by atoms with van der Waals surface area (Å²) in [6.45, 7) is -0.709. The summed E-state index contributed by atoms with van der Waals surface area (Å²) in [5.74, 6) is -5.44. The van der Waals surface area contributed by atoms with Gasteiger partial charge in [-0.05, 0) is 54.8 Å². The van der Waals surface area contributed by atoms with Crippen LogP contribution in [-0.2, 0) is 35.4 Å². The molecule has 14 N–H and O–H groups in total. The summed E-state index contributed by atoms with van der Waals surface area (Å²) in [5, 5.41) is 148. The molecule has 2 aliphatic rings. The molecule has 0 spiro atoms. The predicted molar refractivity (Wildman–Crippen MR) is 230 cm³/mol. The van der Waals surface area contributed by atoms with E-state index in [1.165, 1.54) is 29.2 Å². The average molecular weight is 942 g/mol. The Morgan fingerprint density at radius 3 is 1.24 bits per heavy atom. The summed E-state index contributed by atoms with van der Waals surface area (Å²) in [7, 11) is 0. The van der Waals surface area contributed by atoms with E-state index in [0.29, 0.717) is 11.1 Å². The molecular weight excluding hydrogens is 886 g/mol. The Bertz CT molecular complexity index is 2180. The number of aromatic hydroxyl groups is 6. The van der Waals surface area contributed by atoms with Crippen molar-refractivity contribution in [3.8, 4) is 46.0 Å². The topological polar surface area (TPSA) is 358 Å². The van der Waals surface area contributed by atoms with E-state index in [0.717, 1.165) is 12.1 Å². The number of rotatable bonds is 19. The van der Waals surface area contributed by atoms with E-state index in [1.54, 1.807) is 31.2 Å². The molecule has 10 atom stereocenters. The number of ketones is 2. The van der Waals surface area contributed by atoms with Crippen LogP contribution in [0.15, 0.2) is 60.7 Å². The van der Waals surface area contributed by atoms with Gasteiger partial charge in [-0.3, -0.25) is 14.5 Å². The van der Waals surface area contributed by atoms with Crippen LogP contribution >= 0.6 is 0 Å². The molecule has 2 heterocycles. The normalized spacial score (nSPS) is 25.2. The molecule has 0 aromatic heterocycles. The molecule has 364 valence electrons. The first-order chi connectivity index (χ1) is 31.9. The van der Waals surface area contributed by atoms with Gasteiger partial charge < -0.3 is 90.4 Å². The van der Waals surface area contributed by atoms with Crippen molar-refractivity contribution in [2.24, 2.45) is 0 Å².